The molecule has 2 aliphatic rings. The fraction of sp³-hybridized carbons (Fsp3) is 0.400. The number of benzene rings is 2. The van der Waals surface area contributed by atoms with Crippen LogP contribution in [0.3, 0.4) is 0 Å². The molecule has 4 rings (SSSR count). The highest BCUT2D eigenvalue weighted by molar-refractivity contribution is 5.68. The van der Waals surface area contributed by atoms with Gasteiger partial charge in [0.05, 0.1) is 18.8 Å². The average molecular weight is 309 g/mol. The molecule has 0 amide bonds. The maximum Gasteiger partial charge on any atom is 0.0934 e. The van der Waals surface area contributed by atoms with Crippen LogP contribution < -0.4 is 0 Å². The first kappa shape index (κ1) is 14.9. The highest BCUT2D eigenvalue weighted by atomic mass is 16.5. The summed E-state index contributed by atoms with van der Waals surface area (Å²) in [7, 11) is 2.15. The lowest BCUT2D eigenvalue weighted by molar-refractivity contribution is -0.137. The first-order chi connectivity index (χ1) is 11.2. The molecule has 1 N–H and O–H groups in total. The second-order valence-electron chi connectivity index (χ2n) is 6.86. The maximum absolute atomic E-state index is 11.5. The minimum atomic E-state index is -0.780. The second kappa shape index (κ2) is 5.75. The Balaban J connectivity index is 1.76. The lowest BCUT2D eigenvalue weighted by atomic mass is 9.75. The van der Waals surface area contributed by atoms with E-state index >= 15 is 0 Å². The van der Waals surface area contributed by atoms with Gasteiger partial charge in [0.2, 0.25) is 0 Å². The van der Waals surface area contributed by atoms with E-state index in [1.54, 1.807) is 0 Å². The number of aliphatic hydroxyl groups is 1. The van der Waals surface area contributed by atoms with Crippen molar-refractivity contribution in [2.45, 2.75) is 30.5 Å². The van der Waals surface area contributed by atoms with Gasteiger partial charge < -0.3 is 9.84 Å². The van der Waals surface area contributed by atoms with Crippen molar-refractivity contribution in [3.05, 3.63) is 60.2 Å². The van der Waals surface area contributed by atoms with Crippen LogP contribution in [0.15, 0.2) is 54.6 Å². The van der Waals surface area contributed by atoms with Crippen molar-refractivity contribution in [1.29, 1.82) is 0 Å². The lowest BCUT2D eigenvalue weighted by Crippen LogP contribution is -2.59. The average Bonchev–Trinajstić information content (AvgIpc) is 2.57. The number of hydrogen-bond donors (Lipinski definition) is 1. The van der Waals surface area contributed by atoms with Gasteiger partial charge in [0.1, 0.15) is 0 Å². The smallest absolute Gasteiger partial charge is 0.0934 e. The minimum absolute atomic E-state index is 0.288. The molecule has 2 unspecified atom stereocenters. The monoisotopic (exact) mass is 309 g/mol. The molecular formula is C20H23NO2. The molecule has 3 nitrogen and oxygen atoms in total. The molecule has 2 atom stereocenters. The Labute approximate surface area is 137 Å². The van der Waals surface area contributed by atoms with Gasteiger partial charge in [-0.05, 0) is 36.6 Å². The minimum Gasteiger partial charge on any atom is -0.385 e. The van der Waals surface area contributed by atoms with Crippen LogP contribution in [0.25, 0.3) is 11.1 Å². The Morgan fingerprint density at radius 1 is 0.957 bits per heavy atom. The van der Waals surface area contributed by atoms with Crippen LogP contribution in [0.2, 0.25) is 0 Å². The number of ether oxygens (including phenoxy) is 1. The zero-order valence-corrected chi connectivity index (χ0v) is 13.5. The molecule has 120 valence electrons. The fourth-order valence-corrected chi connectivity index (χ4v) is 4.12. The summed E-state index contributed by atoms with van der Waals surface area (Å²) < 4.78 is 5.70. The van der Waals surface area contributed by atoms with Gasteiger partial charge in [-0.3, -0.25) is 4.90 Å². The van der Waals surface area contributed by atoms with Gasteiger partial charge in [-0.25, -0.2) is 0 Å². The zero-order valence-electron chi connectivity index (χ0n) is 13.5. The van der Waals surface area contributed by atoms with Gasteiger partial charge in [-0.2, -0.15) is 0 Å². The Morgan fingerprint density at radius 3 is 2.26 bits per heavy atom. The maximum atomic E-state index is 11.5. The van der Waals surface area contributed by atoms with E-state index in [-0.39, 0.29) is 12.1 Å². The summed E-state index contributed by atoms with van der Waals surface area (Å²) in [6, 6.07) is 19.2. The third-order valence-electron chi connectivity index (χ3n) is 5.43. The molecule has 0 spiro atoms. The van der Waals surface area contributed by atoms with Crippen LogP contribution in [0.4, 0.5) is 0 Å². The normalized spacial score (nSPS) is 31.0. The number of fused-ring (bicyclic) bond motifs is 2. The van der Waals surface area contributed by atoms with Crippen molar-refractivity contribution >= 4 is 0 Å². The number of piperidine rings is 1. The number of hydrogen-bond acceptors (Lipinski definition) is 3. The largest absolute Gasteiger partial charge is 0.385 e. The third-order valence-corrected chi connectivity index (χ3v) is 5.43. The van der Waals surface area contributed by atoms with Gasteiger partial charge in [0, 0.05) is 12.1 Å². The predicted octanol–water partition coefficient (Wildman–Crippen LogP) is 3.03. The fourth-order valence-electron chi connectivity index (χ4n) is 4.12. The number of likely N-dealkylation sites (N-methyl/N-ethyl adjacent to an activating group) is 1. The topological polar surface area (TPSA) is 32.7 Å². The van der Waals surface area contributed by atoms with Crippen molar-refractivity contribution < 1.29 is 9.84 Å². The summed E-state index contributed by atoms with van der Waals surface area (Å²) in [5.74, 6) is 0. The van der Waals surface area contributed by atoms with E-state index in [2.05, 4.69) is 36.2 Å². The van der Waals surface area contributed by atoms with Crippen LogP contribution in [0, 0.1) is 0 Å². The molecular weight excluding hydrogens is 286 g/mol. The first-order valence-electron chi connectivity index (χ1n) is 8.34. The van der Waals surface area contributed by atoms with Gasteiger partial charge >= 0.3 is 0 Å². The second-order valence-corrected chi connectivity index (χ2v) is 6.86. The first-order valence-corrected chi connectivity index (χ1v) is 8.34. The van der Waals surface area contributed by atoms with Crippen LogP contribution >= 0.6 is 0 Å². The van der Waals surface area contributed by atoms with Gasteiger partial charge in [0.25, 0.3) is 0 Å². The van der Waals surface area contributed by atoms with Crippen LogP contribution in [-0.4, -0.2) is 42.4 Å². The summed E-state index contributed by atoms with van der Waals surface area (Å²) >= 11 is 0. The number of rotatable bonds is 2. The summed E-state index contributed by atoms with van der Waals surface area (Å²) in [6.07, 6.45) is 1.45. The third kappa shape index (κ3) is 2.59. The van der Waals surface area contributed by atoms with E-state index in [0.29, 0.717) is 13.2 Å². The Kier molecular flexibility index (Phi) is 3.72. The molecule has 0 saturated carbocycles. The summed E-state index contributed by atoms with van der Waals surface area (Å²) in [5, 5.41) is 11.5. The molecule has 2 aliphatic heterocycles. The van der Waals surface area contributed by atoms with Crippen molar-refractivity contribution in [1.82, 2.24) is 4.90 Å². The molecule has 2 fully saturated rings. The Bertz CT molecular complexity index is 671. The molecule has 2 aromatic rings. The van der Waals surface area contributed by atoms with Crippen LogP contribution in [-0.2, 0) is 10.3 Å². The molecule has 2 bridgehead atoms. The van der Waals surface area contributed by atoms with E-state index in [1.165, 1.54) is 0 Å². The lowest BCUT2D eigenvalue weighted by Gasteiger charge is -2.50. The standard InChI is InChI=1S/C20H23NO2/c1-21-16-11-20(22,12-17(21)14-23-13-16)19-10-6-5-9-18(19)15-7-3-2-4-8-15/h2-10,16-17,22H,11-14H2,1H3. The number of morpholine rings is 1. The summed E-state index contributed by atoms with van der Waals surface area (Å²) in [4.78, 5) is 2.38. The molecule has 3 heteroatoms. The highest BCUT2D eigenvalue weighted by Crippen LogP contribution is 2.43. The van der Waals surface area contributed by atoms with Gasteiger partial charge in [0.15, 0.2) is 0 Å². The molecule has 0 radical (unpaired) electrons. The van der Waals surface area contributed by atoms with Crippen molar-refractivity contribution in [3.63, 3.8) is 0 Å². The molecule has 23 heavy (non-hydrogen) atoms. The van der Waals surface area contributed by atoms with E-state index in [9.17, 15) is 5.11 Å². The van der Waals surface area contributed by atoms with Gasteiger partial charge in [-0.1, -0.05) is 54.6 Å². The quantitative estimate of drug-likeness (QED) is 0.925. The molecule has 2 saturated heterocycles. The Hall–Kier alpha value is -1.68. The summed E-state index contributed by atoms with van der Waals surface area (Å²) in [6.45, 7) is 1.42. The predicted molar refractivity (Wildman–Crippen MR) is 91.2 cm³/mol. The molecule has 0 aromatic heterocycles. The van der Waals surface area contributed by atoms with E-state index in [1.807, 2.05) is 30.3 Å². The van der Waals surface area contributed by atoms with E-state index in [0.717, 1.165) is 29.5 Å². The molecule has 0 aliphatic carbocycles. The van der Waals surface area contributed by atoms with Crippen LogP contribution in [0.1, 0.15) is 18.4 Å². The number of nitrogens with zero attached hydrogens (tertiary/aromatic N) is 1. The Morgan fingerprint density at radius 2 is 1.57 bits per heavy atom. The SMILES string of the molecule is CN1C2COCC1CC(O)(c1ccccc1-c1ccccc1)C2. The van der Waals surface area contributed by atoms with Crippen molar-refractivity contribution in [2.75, 3.05) is 20.3 Å². The van der Waals surface area contributed by atoms with E-state index in [4.69, 9.17) is 4.74 Å². The highest BCUT2D eigenvalue weighted by Gasteiger charge is 2.46. The van der Waals surface area contributed by atoms with Crippen LogP contribution in [0.5, 0.6) is 0 Å². The zero-order chi connectivity index (χ0) is 15.9. The molecule has 2 heterocycles. The summed E-state index contributed by atoms with van der Waals surface area (Å²) in [5.41, 5.74) is 2.57. The van der Waals surface area contributed by atoms with Gasteiger partial charge in [-0.15, -0.1) is 0 Å². The molecule has 2 aromatic carbocycles. The van der Waals surface area contributed by atoms with Crippen molar-refractivity contribution in [3.8, 4) is 11.1 Å². The van der Waals surface area contributed by atoms with Crippen molar-refractivity contribution in [2.24, 2.45) is 0 Å². The van der Waals surface area contributed by atoms with E-state index < -0.39 is 5.60 Å².